The van der Waals surface area contributed by atoms with Crippen LogP contribution in [0.15, 0.2) is 36.5 Å². The average Bonchev–Trinajstić information content (AvgIpc) is 2.70. The molecule has 1 aromatic carbocycles. The van der Waals surface area contributed by atoms with E-state index in [9.17, 15) is 5.11 Å². The summed E-state index contributed by atoms with van der Waals surface area (Å²) in [7, 11) is 3.25. The van der Waals surface area contributed by atoms with E-state index in [-0.39, 0.29) is 0 Å². The highest BCUT2D eigenvalue weighted by Crippen LogP contribution is 2.30. The lowest BCUT2D eigenvalue weighted by molar-refractivity contribution is 0.0684. The normalized spacial score (nSPS) is 16.9. The largest absolute Gasteiger partial charge is 0.497 e. The third-order valence-electron chi connectivity index (χ3n) is 5.18. The van der Waals surface area contributed by atoms with Crippen LogP contribution >= 0.6 is 0 Å². The molecule has 0 unspecified atom stereocenters. The van der Waals surface area contributed by atoms with Gasteiger partial charge in [-0.15, -0.1) is 0 Å². The number of benzene rings is 1. The van der Waals surface area contributed by atoms with Gasteiger partial charge in [0.1, 0.15) is 11.5 Å². The minimum atomic E-state index is -0.611. The molecule has 0 amide bonds. The molecule has 0 spiro atoms. The summed E-state index contributed by atoms with van der Waals surface area (Å²) >= 11 is 0. The molecule has 6 nitrogen and oxygen atoms in total. The number of nitrogens with zero attached hydrogens (tertiary/aromatic N) is 3. The minimum absolute atomic E-state index is 0.583. The highest BCUT2D eigenvalue weighted by Gasteiger charge is 2.22. The number of ether oxygens (including phenoxy) is 2. The van der Waals surface area contributed by atoms with Crippen LogP contribution < -0.4 is 9.47 Å². The van der Waals surface area contributed by atoms with Gasteiger partial charge < -0.3 is 14.6 Å². The maximum atomic E-state index is 10.7. The second-order valence-electron chi connectivity index (χ2n) is 6.97. The summed E-state index contributed by atoms with van der Waals surface area (Å²) in [5, 5.41) is 10.7. The van der Waals surface area contributed by atoms with Crippen molar-refractivity contribution in [3.8, 4) is 11.5 Å². The first kappa shape index (κ1) is 19.6. The lowest BCUT2D eigenvalue weighted by atomic mass is 10.1. The molecule has 1 atom stereocenters. The number of rotatable bonds is 7. The Morgan fingerprint density at radius 2 is 1.81 bits per heavy atom. The molecular weight excluding hydrogens is 342 g/mol. The van der Waals surface area contributed by atoms with E-state index < -0.39 is 6.10 Å². The predicted octanol–water partition coefficient (Wildman–Crippen LogP) is 2.26. The van der Waals surface area contributed by atoms with E-state index in [2.05, 4.69) is 27.8 Å². The van der Waals surface area contributed by atoms with Crippen LogP contribution in [-0.4, -0.2) is 66.8 Å². The summed E-state index contributed by atoms with van der Waals surface area (Å²) in [6, 6.07) is 9.61. The van der Waals surface area contributed by atoms with Crippen LogP contribution in [0.1, 0.15) is 22.9 Å². The van der Waals surface area contributed by atoms with Crippen molar-refractivity contribution < 1.29 is 14.6 Å². The van der Waals surface area contributed by atoms with Gasteiger partial charge in [-0.05, 0) is 36.8 Å². The van der Waals surface area contributed by atoms with Crippen LogP contribution in [0.4, 0.5) is 0 Å². The summed E-state index contributed by atoms with van der Waals surface area (Å²) in [6.07, 6.45) is 1.25. The molecule has 0 saturated carbocycles. The molecule has 1 aromatic heterocycles. The van der Waals surface area contributed by atoms with Gasteiger partial charge in [-0.2, -0.15) is 0 Å². The fourth-order valence-corrected chi connectivity index (χ4v) is 3.47. The number of hydrogen-bond donors (Lipinski definition) is 1. The molecule has 27 heavy (non-hydrogen) atoms. The summed E-state index contributed by atoms with van der Waals surface area (Å²) in [5.41, 5.74) is 3.15. The van der Waals surface area contributed by atoms with Gasteiger partial charge in [0.25, 0.3) is 0 Å². The summed E-state index contributed by atoms with van der Waals surface area (Å²) in [4.78, 5) is 9.21. The van der Waals surface area contributed by atoms with Gasteiger partial charge in [0.2, 0.25) is 0 Å². The van der Waals surface area contributed by atoms with Crippen LogP contribution in [-0.2, 0) is 6.54 Å². The highest BCUT2D eigenvalue weighted by atomic mass is 16.5. The highest BCUT2D eigenvalue weighted by molar-refractivity contribution is 5.41. The van der Waals surface area contributed by atoms with E-state index in [1.807, 2.05) is 30.5 Å². The van der Waals surface area contributed by atoms with Crippen molar-refractivity contribution in [1.29, 1.82) is 0 Å². The Balaban J connectivity index is 1.55. The van der Waals surface area contributed by atoms with Crippen molar-refractivity contribution in [2.24, 2.45) is 0 Å². The van der Waals surface area contributed by atoms with Crippen molar-refractivity contribution >= 4 is 0 Å². The van der Waals surface area contributed by atoms with E-state index in [0.29, 0.717) is 12.3 Å². The van der Waals surface area contributed by atoms with Gasteiger partial charge in [0, 0.05) is 51.0 Å². The zero-order valence-corrected chi connectivity index (χ0v) is 16.4. The first-order valence-electron chi connectivity index (χ1n) is 9.36. The molecule has 2 aromatic rings. The Morgan fingerprint density at radius 3 is 2.48 bits per heavy atom. The molecule has 1 aliphatic heterocycles. The smallest absolute Gasteiger partial charge is 0.124 e. The molecule has 0 bridgehead atoms. The second kappa shape index (κ2) is 9.17. The van der Waals surface area contributed by atoms with Crippen molar-refractivity contribution in [1.82, 2.24) is 14.8 Å². The fraction of sp³-hybridized carbons (Fsp3) is 0.476. The summed E-state index contributed by atoms with van der Waals surface area (Å²) in [6.45, 7) is 7.36. The first-order chi connectivity index (χ1) is 13.1. The van der Waals surface area contributed by atoms with E-state index in [1.54, 1.807) is 14.2 Å². The van der Waals surface area contributed by atoms with Gasteiger partial charge in [-0.25, -0.2) is 0 Å². The number of aromatic nitrogens is 1. The van der Waals surface area contributed by atoms with E-state index in [4.69, 9.17) is 9.47 Å². The van der Waals surface area contributed by atoms with Crippen LogP contribution in [0, 0.1) is 6.92 Å². The zero-order chi connectivity index (χ0) is 19.2. The molecule has 0 radical (unpaired) electrons. The van der Waals surface area contributed by atoms with E-state index >= 15 is 0 Å². The molecule has 0 aliphatic carbocycles. The number of piperazine rings is 1. The molecule has 6 heteroatoms. The Kier molecular flexibility index (Phi) is 6.66. The topological polar surface area (TPSA) is 58.1 Å². The van der Waals surface area contributed by atoms with Gasteiger partial charge in [-0.3, -0.25) is 14.8 Å². The van der Waals surface area contributed by atoms with Crippen molar-refractivity contribution in [3.05, 3.63) is 53.3 Å². The Hall–Kier alpha value is -2.15. The summed E-state index contributed by atoms with van der Waals surface area (Å²) < 4.78 is 10.7. The molecule has 2 heterocycles. The van der Waals surface area contributed by atoms with Crippen molar-refractivity contribution in [3.63, 3.8) is 0 Å². The molecule has 3 rings (SSSR count). The molecule has 1 saturated heterocycles. The molecule has 1 N–H and O–H groups in total. The second-order valence-corrected chi connectivity index (χ2v) is 6.97. The van der Waals surface area contributed by atoms with E-state index in [1.165, 1.54) is 5.56 Å². The van der Waals surface area contributed by atoms with Gasteiger partial charge >= 0.3 is 0 Å². The average molecular weight is 371 g/mol. The molecule has 1 aliphatic rings. The third-order valence-corrected chi connectivity index (χ3v) is 5.18. The standard InChI is InChI=1S/C21H29N3O3/c1-16-5-4-8-22-19(16)14-23-9-11-24(12-10-23)15-20(25)18-13-17(26-2)6-7-21(18)27-3/h4-8,13,20,25H,9-12,14-15H2,1-3H3/t20-/m0/s1. The fourth-order valence-electron chi connectivity index (χ4n) is 3.47. The number of aliphatic hydroxyl groups excluding tert-OH is 1. The number of β-amino-alcohol motifs (C(OH)–C–C–N with tert-alkyl or cyclic N) is 1. The number of aryl methyl sites for hydroxylation is 1. The van der Waals surface area contributed by atoms with Crippen LogP contribution in [0.25, 0.3) is 0 Å². The first-order valence-corrected chi connectivity index (χ1v) is 9.36. The minimum Gasteiger partial charge on any atom is -0.497 e. The van der Waals surface area contributed by atoms with Crippen LogP contribution in [0.3, 0.4) is 0 Å². The SMILES string of the molecule is COc1ccc(OC)c([C@@H](O)CN2CCN(Cc3ncccc3C)CC2)c1. The van der Waals surface area contributed by atoms with Gasteiger partial charge in [0.05, 0.1) is 26.0 Å². The third kappa shape index (κ3) is 4.97. The number of pyridine rings is 1. The number of aliphatic hydroxyl groups is 1. The van der Waals surface area contributed by atoms with Crippen molar-refractivity contribution in [2.75, 3.05) is 46.9 Å². The lowest BCUT2D eigenvalue weighted by Gasteiger charge is -2.35. The maximum Gasteiger partial charge on any atom is 0.124 e. The Morgan fingerprint density at radius 1 is 1.07 bits per heavy atom. The van der Waals surface area contributed by atoms with Crippen molar-refractivity contribution in [2.45, 2.75) is 19.6 Å². The number of hydrogen-bond acceptors (Lipinski definition) is 6. The Bertz CT molecular complexity index is 745. The van der Waals surface area contributed by atoms with Gasteiger partial charge in [0.15, 0.2) is 0 Å². The van der Waals surface area contributed by atoms with Crippen LogP contribution in [0.2, 0.25) is 0 Å². The van der Waals surface area contributed by atoms with Crippen LogP contribution in [0.5, 0.6) is 11.5 Å². The zero-order valence-electron chi connectivity index (χ0n) is 16.4. The maximum absolute atomic E-state index is 10.7. The Labute approximate surface area is 161 Å². The molecular formula is C21H29N3O3. The quantitative estimate of drug-likeness (QED) is 0.806. The van der Waals surface area contributed by atoms with E-state index in [0.717, 1.165) is 49.7 Å². The predicted molar refractivity (Wildman–Crippen MR) is 105 cm³/mol. The van der Waals surface area contributed by atoms with Gasteiger partial charge in [-0.1, -0.05) is 6.07 Å². The molecule has 1 fully saturated rings. The lowest BCUT2D eigenvalue weighted by Crippen LogP contribution is -2.47. The number of methoxy groups -OCH3 is 2. The summed E-state index contributed by atoms with van der Waals surface area (Å²) in [5.74, 6) is 1.41. The monoisotopic (exact) mass is 371 g/mol. The molecule has 146 valence electrons.